The van der Waals surface area contributed by atoms with Gasteiger partial charge in [0.1, 0.15) is 0 Å². The summed E-state index contributed by atoms with van der Waals surface area (Å²) < 4.78 is 19.6. The van der Waals surface area contributed by atoms with Crippen molar-refractivity contribution in [3.8, 4) is 45.5 Å². The predicted molar refractivity (Wildman–Crippen MR) is 264 cm³/mol. The first-order chi connectivity index (χ1) is 31.6. The number of hydrogen-bond donors (Lipinski definition) is 0. The summed E-state index contributed by atoms with van der Waals surface area (Å²) in [6.45, 7) is 0. The summed E-state index contributed by atoms with van der Waals surface area (Å²) in [5.74, 6) is 1.81. The third-order valence-corrected chi connectivity index (χ3v) is 15.4. The average molecular weight is 840 g/mol. The summed E-state index contributed by atoms with van der Waals surface area (Å²) in [7, 11) is -3.11. The number of fused-ring (bicyclic) bond motifs is 6. The molecule has 302 valence electrons. The molecule has 0 aliphatic rings. The zero-order valence-corrected chi connectivity index (χ0v) is 35.4. The van der Waals surface area contributed by atoms with Gasteiger partial charge in [-0.15, -0.1) is 0 Å². The van der Waals surface area contributed by atoms with Gasteiger partial charge in [-0.1, -0.05) is 170 Å². The second-order valence-electron chi connectivity index (χ2n) is 16.0. The average Bonchev–Trinajstić information content (AvgIpc) is 3.89. The largest absolute Gasteiger partial charge is 0.309 e. The van der Waals surface area contributed by atoms with Gasteiger partial charge in [-0.25, -0.2) is 4.98 Å². The lowest BCUT2D eigenvalue weighted by atomic mass is 10.0. The van der Waals surface area contributed by atoms with Crippen molar-refractivity contribution in [3.05, 3.63) is 231 Å². The first kappa shape index (κ1) is 37.6. The molecule has 7 heteroatoms. The van der Waals surface area contributed by atoms with Crippen molar-refractivity contribution in [2.24, 2.45) is 0 Å². The second kappa shape index (κ2) is 15.3. The van der Waals surface area contributed by atoms with E-state index in [0.717, 1.165) is 82.1 Å². The minimum absolute atomic E-state index is 0.567. The summed E-state index contributed by atoms with van der Waals surface area (Å²) in [6, 6.07) is 78.6. The molecule has 0 atom stereocenters. The Bertz CT molecular complexity index is 3630. The molecular formula is C57H38N5OP. The van der Waals surface area contributed by atoms with Gasteiger partial charge in [0.25, 0.3) is 0 Å². The van der Waals surface area contributed by atoms with Gasteiger partial charge < -0.3 is 9.13 Å². The lowest BCUT2D eigenvalue weighted by Gasteiger charge is -2.20. The zero-order chi connectivity index (χ0) is 42.6. The van der Waals surface area contributed by atoms with Crippen molar-refractivity contribution < 1.29 is 4.57 Å². The van der Waals surface area contributed by atoms with Crippen LogP contribution in [0.3, 0.4) is 0 Å². The standard InChI is InChI=1S/C57H38N5OP/c63-64(44-21-9-3-10-22-44,45-23-11-4-12-24-45)46-33-31-43(32-34-46)61-51-27-15-13-25-47(51)49-37-41(29-35-53(49)61)42-30-36-54-50(38-42)48-26-14-16-28-52(48)62(54)57-59-55(39-17-5-1-6-18-39)58-56(60-57)40-19-7-2-8-20-40/h1-38H. The molecule has 0 fully saturated rings. The number of hydrogen-bond acceptors (Lipinski definition) is 4. The van der Waals surface area contributed by atoms with E-state index in [4.69, 9.17) is 15.0 Å². The van der Waals surface area contributed by atoms with Crippen molar-refractivity contribution in [3.63, 3.8) is 0 Å². The minimum atomic E-state index is -3.11. The topological polar surface area (TPSA) is 65.6 Å². The van der Waals surface area contributed by atoms with Crippen LogP contribution in [0.4, 0.5) is 0 Å². The number of benzene rings is 9. The van der Waals surface area contributed by atoms with Crippen LogP contribution in [0.25, 0.3) is 89.2 Å². The highest BCUT2D eigenvalue weighted by molar-refractivity contribution is 7.85. The van der Waals surface area contributed by atoms with Crippen molar-refractivity contribution in [1.82, 2.24) is 24.1 Å². The summed E-state index contributed by atoms with van der Waals surface area (Å²) in [5, 5.41) is 7.00. The Morgan fingerprint density at radius 3 is 1.20 bits per heavy atom. The van der Waals surface area contributed by atoms with Gasteiger partial charge in [0.2, 0.25) is 5.95 Å². The van der Waals surface area contributed by atoms with Crippen molar-refractivity contribution in [2.45, 2.75) is 0 Å². The maximum Gasteiger partial charge on any atom is 0.238 e. The van der Waals surface area contributed by atoms with Crippen molar-refractivity contribution in [2.75, 3.05) is 0 Å². The van der Waals surface area contributed by atoms with Crippen LogP contribution in [0, 0.1) is 0 Å². The zero-order valence-electron chi connectivity index (χ0n) is 34.5. The summed E-state index contributed by atoms with van der Waals surface area (Å²) >= 11 is 0. The lowest BCUT2D eigenvalue weighted by Crippen LogP contribution is -2.24. The molecule has 0 aliphatic heterocycles. The summed E-state index contributed by atoms with van der Waals surface area (Å²) in [4.78, 5) is 15.2. The minimum Gasteiger partial charge on any atom is -0.309 e. The molecular weight excluding hydrogens is 802 g/mol. The molecule has 0 bridgehead atoms. The fourth-order valence-electron chi connectivity index (χ4n) is 9.23. The van der Waals surface area contributed by atoms with Crippen LogP contribution in [0.2, 0.25) is 0 Å². The monoisotopic (exact) mass is 839 g/mol. The van der Waals surface area contributed by atoms with Gasteiger partial charge in [0.05, 0.1) is 22.1 Å². The maximum atomic E-state index is 15.2. The summed E-state index contributed by atoms with van der Waals surface area (Å²) in [5.41, 5.74) is 9.34. The van der Waals surface area contributed by atoms with E-state index in [1.165, 1.54) is 5.39 Å². The highest BCUT2D eigenvalue weighted by Gasteiger charge is 2.29. The SMILES string of the molecule is O=P(c1ccccc1)(c1ccccc1)c1ccc(-n2c3ccccc3c3cc(-c4ccc5c(c4)c4ccccc4n5-c4nc(-c5ccccc5)nc(-c5ccccc5)n4)ccc32)cc1. The molecule has 12 aromatic rings. The molecule has 0 saturated carbocycles. The molecule has 6 nitrogen and oxygen atoms in total. The van der Waals surface area contributed by atoms with Crippen LogP contribution in [-0.4, -0.2) is 24.1 Å². The van der Waals surface area contributed by atoms with Gasteiger partial charge in [-0.3, -0.25) is 4.57 Å². The molecule has 0 radical (unpaired) electrons. The first-order valence-corrected chi connectivity index (χ1v) is 23.1. The van der Waals surface area contributed by atoms with Crippen LogP contribution in [-0.2, 0) is 4.57 Å². The van der Waals surface area contributed by atoms with Crippen molar-refractivity contribution in [1.29, 1.82) is 0 Å². The fraction of sp³-hybridized carbons (Fsp3) is 0. The molecule has 0 unspecified atom stereocenters. The Morgan fingerprint density at radius 1 is 0.312 bits per heavy atom. The number of nitrogens with zero attached hydrogens (tertiary/aromatic N) is 5. The van der Waals surface area contributed by atoms with E-state index in [-0.39, 0.29) is 0 Å². The van der Waals surface area contributed by atoms with Gasteiger partial charge in [-0.05, 0) is 71.8 Å². The molecule has 64 heavy (non-hydrogen) atoms. The van der Waals surface area contributed by atoms with E-state index in [1.54, 1.807) is 0 Å². The van der Waals surface area contributed by atoms with E-state index < -0.39 is 7.14 Å². The van der Waals surface area contributed by atoms with E-state index in [2.05, 4.69) is 106 Å². The number of rotatable bonds is 8. The molecule has 0 spiro atoms. The van der Waals surface area contributed by atoms with Crippen LogP contribution < -0.4 is 15.9 Å². The molecule has 0 N–H and O–H groups in total. The van der Waals surface area contributed by atoms with Crippen LogP contribution >= 0.6 is 7.14 Å². The Kier molecular flexibility index (Phi) is 8.99. The van der Waals surface area contributed by atoms with Crippen molar-refractivity contribution >= 4 is 66.7 Å². The second-order valence-corrected chi connectivity index (χ2v) is 18.7. The molecule has 12 rings (SSSR count). The van der Waals surface area contributed by atoms with Crippen LogP contribution in [0.5, 0.6) is 0 Å². The van der Waals surface area contributed by atoms with E-state index in [0.29, 0.717) is 17.6 Å². The van der Waals surface area contributed by atoms with Crippen LogP contribution in [0.15, 0.2) is 231 Å². The van der Waals surface area contributed by atoms with E-state index in [9.17, 15) is 0 Å². The van der Waals surface area contributed by atoms with E-state index in [1.807, 2.05) is 133 Å². The Morgan fingerprint density at radius 2 is 0.703 bits per heavy atom. The molecule has 0 aliphatic carbocycles. The lowest BCUT2D eigenvalue weighted by molar-refractivity contribution is 0.592. The van der Waals surface area contributed by atoms with Gasteiger partial charge in [-0.2, -0.15) is 9.97 Å². The molecule has 3 heterocycles. The Hall–Kier alpha value is -8.18. The van der Waals surface area contributed by atoms with Gasteiger partial charge >= 0.3 is 0 Å². The number of para-hydroxylation sites is 2. The van der Waals surface area contributed by atoms with Gasteiger partial charge in [0.15, 0.2) is 18.8 Å². The first-order valence-electron chi connectivity index (χ1n) is 21.4. The summed E-state index contributed by atoms with van der Waals surface area (Å²) in [6.07, 6.45) is 0. The van der Waals surface area contributed by atoms with E-state index >= 15 is 4.57 Å². The highest BCUT2D eigenvalue weighted by atomic mass is 31.2. The maximum absolute atomic E-state index is 15.2. The van der Waals surface area contributed by atoms with Crippen LogP contribution in [0.1, 0.15) is 0 Å². The number of aromatic nitrogens is 5. The third-order valence-electron chi connectivity index (χ3n) is 12.3. The Labute approximate surface area is 369 Å². The Balaban J connectivity index is 0.974. The normalized spacial score (nSPS) is 11.8. The molecule has 0 amide bonds. The highest BCUT2D eigenvalue weighted by Crippen LogP contribution is 2.43. The molecule has 3 aromatic heterocycles. The molecule has 0 saturated heterocycles. The predicted octanol–water partition coefficient (Wildman–Crippen LogP) is 12.7. The smallest absolute Gasteiger partial charge is 0.238 e. The molecule has 9 aromatic carbocycles. The third kappa shape index (κ3) is 6.18. The fourth-order valence-corrected chi connectivity index (χ4v) is 11.9. The van der Waals surface area contributed by atoms with Gasteiger partial charge in [0, 0.05) is 54.3 Å². The quantitative estimate of drug-likeness (QED) is 0.143.